The molecule has 1 aliphatic heterocycles. The largest absolute Gasteiger partial charge is 0.451 e. The maximum absolute atomic E-state index is 12.5. The van der Waals surface area contributed by atoms with Crippen LogP contribution in [0.25, 0.3) is 0 Å². The summed E-state index contributed by atoms with van der Waals surface area (Å²) in [4.78, 5) is 40.6. The molecule has 9 nitrogen and oxygen atoms in total. The van der Waals surface area contributed by atoms with Crippen LogP contribution in [0, 0.1) is 13.8 Å². The number of carbonyl (C=O) groups excluding carboxylic acids is 3. The van der Waals surface area contributed by atoms with Crippen LogP contribution >= 0.6 is 0 Å². The predicted octanol–water partition coefficient (Wildman–Crippen LogP) is 1.92. The van der Waals surface area contributed by atoms with E-state index >= 15 is 0 Å². The molecule has 0 radical (unpaired) electrons. The summed E-state index contributed by atoms with van der Waals surface area (Å²) in [6.45, 7) is 8.05. The van der Waals surface area contributed by atoms with Crippen molar-refractivity contribution < 1.29 is 19.1 Å². The van der Waals surface area contributed by atoms with Gasteiger partial charge in [-0.1, -0.05) is 31.5 Å². The molecule has 2 N–H and O–H groups in total. The first kappa shape index (κ1) is 23.5. The number of piperazine rings is 1. The first-order valence-electron chi connectivity index (χ1n) is 10.9. The summed E-state index contributed by atoms with van der Waals surface area (Å²) in [6, 6.07) is 7.55. The number of nitrogens with zero attached hydrogens (tertiary/aromatic N) is 3. The molecule has 0 spiro atoms. The van der Waals surface area contributed by atoms with Gasteiger partial charge in [0.25, 0.3) is 5.91 Å². The average Bonchev–Trinajstić information content (AvgIpc) is 3.24. The summed E-state index contributed by atoms with van der Waals surface area (Å²) in [5.41, 5.74) is 3.95. The van der Waals surface area contributed by atoms with Crippen LogP contribution in [0.4, 0.5) is 5.69 Å². The molecule has 0 atom stereocenters. The van der Waals surface area contributed by atoms with E-state index in [2.05, 4.69) is 15.5 Å². The molecule has 1 fully saturated rings. The number of aromatic nitrogens is 2. The molecule has 1 aliphatic rings. The quantitative estimate of drug-likeness (QED) is 0.606. The van der Waals surface area contributed by atoms with Crippen molar-refractivity contribution in [3.05, 3.63) is 46.8 Å². The lowest BCUT2D eigenvalue weighted by Gasteiger charge is -2.34. The van der Waals surface area contributed by atoms with E-state index in [4.69, 9.17) is 4.74 Å². The molecule has 1 saturated heterocycles. The molecular formula is C23H31N5O4. The van der Waals surface area contributed by atoms with Gasteiger partial charge in [0.05, 0.1) is 6.54 Å². The Kier molecular flexibility index (Phi) is 7.99. The topological polar surface area (TPSA) is 108 Å². The van der Waals surface area contributed by atoms with Gasteiger partial charge in [-0.3, -0.25) is 19.6 Å². The Morgan fingerprint density at radius 1 is 1.12 bits per heavy atom. The summed E-state index contributed by atoms with van der Waals surface area (Å²) in [7, 11) is 0. The van der Waals surface area contributed by atoms with Crippen molar-refractivity contribution >= 4 is 23.5 Å². The number of amides is 2. The fourth-order valence-corrected chi connectivity index (χ4v) is 3.71. The fourth-order valence-electron chi connectivity index (χ4n) is 3.71. The number of carbonyl (C=O) groups is 3. The third-order valence-electron chi connectivity index (χ3n) is 5.52. The SMILES string of the molecule is CCCc1cc(C(=O)OCC(=O)N2CCN(CC(=O)Nc3c(C)cccc3C)CC2)n[nH]1. The number of benzene rings is 1. The zero-order valence-electron chi connectivity index (χ0n) is 18.9. The van der Waals surface area contributed by atoms with Crippen LogP contribution in [0.15, 0.2) is 24.3 Å². The number of nitrogens with one attached hydrogen (secondary N) is 2. The third kappa shape index (κ3) is 6.16. The Bertz CT molecular complexity index is 943. The smallest absolute Gasteiger partial charge is 0.359 e. The number of ether oxygens (including phenoxy) is 1. The molecule has 0 bridgehead atoms. The van der Waals surface area contributed by atoms with E-state index in [1.807, 2.05) is 43.9 Å². The zero-order valence-corrected chi connectivity index (χ0v) is 18.9. The summed E-state index contributed by atoms with van der Waals surface area (Å²) >= 11 is 0. The first-order valence-corrected chi connectivity index (χ1v) is 10.9. The van der Waals surface area contributed by atoms with Crippen molar-refractivity contribution in [2.45, 2.75) is 33.6 Å². The van der Waals surface area contributed by atoms with E-state index in [1.165, 1.54) is 0 Å². The number of rotatable bonds is 8. The molecule has 1 aromatic heterocycles. The number of anilines is 1. The third-order valence-corrected chi connectivity index (χ3v) is 5.52. The van der Waals surface area contributed by atoms with Gasteiger partial charge < -0.3 is 15.0 Å². The minimum Gasteiger partial charge on any atom is -0.451 e. The Hall–Kier alpha value is -3.20. The summed E-state index contributed by atoms with van der Waals surface area (Å²) < 4.78 is 5.12. The number of aryl methyl sites for hydroxylation is 3. The average molecular weight is 442 g/mol. The van der Waals surface area contributed by atoms with Crippen LogP contribution in [0.5, 0.6) is 0 Å². The monoisotopic (exact) mass is 441 g/mol. The lowest BCUT2D eigenvalue weighted by Crippen LogP contribution is -2.51. The number of aromatic amines is 1. The summed E-state index contributed by atoms with van der Waals surface area (Å²) in [6.07, 6.45) is 1.74. The molecule has 9 heteroatoms. The van der Waals surface area contributed by atoms with Crippen molar-refractivity contribution in [1.29, 1.82) is 0 Å². The van der Waals surface area contributed by atoms with Crippen LogP contribution in [0.1, 0.15) is 40.7 Å². The lowest BCUT2D eigenvalue weighted by molar-refractivity contribution is -0.136. The Morgan fingerprint density at radius 2 is 1.81 bits per heavy atom. The van der Waals surface area contributed by atoms with Gasteiger partial charge in [-0.2, -0.15) is 5.10 Å². The molecule has 2 heterocycles. The molecule has 2 aromatic rings. The van der Waals surface area contributed by atoms with Crippen molar-refractivity contribution in [2.24, 2.45) is 0 Å². The van der Waals surface area contributed by atoms with Gasteiger partial charge in [0.1, 0.15) is 0 Å². The van der Waals surface area contributed by atoms with Gasteiger partial charge in [0.2, 0.25) is 5.91 Å². The van der Waals surface area contributed by atoms with E-state index in [0.29, 0.717) is 26.2 Å². The van der Waals surface area contributed by atoms with Crippen LogP contribution in [-0.4, -0.2) is 77.1 Å². The van der Waals surface area contributed by atoms with Gasteiger partial charge in [0, 0.05) is 37.6 Å². The fraction of sp³-hybridized carbons (Fsp3) is 0.478. The van der Waals surface area contributed by atoms with Gasteiger partial charge in [0.15, 0.2) is 12.3 Å². The van der Waals surface area contributed by atoms with E-state index in [1.54, 1.807) is 11.0 Å². The number of esters is 1. The lowest BCUT2D eigenvalue weighted by atomic mass is 10.1. The van der Waals surface area contributed by atoms with Crippen molar-refractivity contribution in [3.63, 3.8) is 0 Å². The second-order valence-corrected chi connectivity index (χ2v) is 8.08. The van der Waals surface area contributed by atoms with Crippen LogP contribution in [0.3, 0.4) is 0 Å². The number of hydrogen-bond donors (Lipinski definition) is 2. The van der Waals surface area contributed by atoms with E-state index < -0.39 is 5.97 Å². The van der Waals surface area contributed by atoms with Crippen molar-refractivity contribution in [2.75, 3.05) is 44.6 Å². The second kappa shape index (κ2) is 10.9. The minimum absolute atomic E-state index is 0.0717. The summed E-state index contributed by atoms with van der Waals surface area (Å²) in [5, 5.41) is 9.72. The molecule has 0 saturated carbocycles. The molecule has 1 aromatic carbocycles. The maximum Gasteiger partial charge on any atom is 0.359 e. The number of H-pyrrole nitrogens is 1. The second-order valence-electron chi connectivity index (χ2n) is 8.08. The predicted molar refractivity (Wildman–Crippen MR) is 120 cm³/mol. The highest BCUT2D eigenvalue weighted by molar-refractivity contribution is 5.93. The van der Waals surface area contributed by atoms with Gasteiger partial charge >= 0.3 is 5.97 Å². The van der Waals surface area contributed by atoms with E-state index in [9.17, 15) is 14.4 Å². The van der Waals surface area contributed by atoms with Crippen LogP contribution in [0.2, 0.25) is 0 Å². The summed E-state index contributed by atoms with van der Waals surface area (Å²) in [5.74, 6) is -0.932. The molecule has 0 unspecified atom stereocenters. The van der Waals surface area contributed by atoms with Crippen LogP contribution < -0.4 is 5.32 Å². The zero-order chi connectivity index (χ0) is 23.1. The molecule has 2 amide bonds. The molecule has 32 heavy (non-hydrogen) atoms. The first-order chi connectivity index (χ1) is 15.4. The number of hydrogen-bond acceptors (Lipinski definition) is 6. The molecule has 0 aliphatic carbocycles. The highest BCUT2D eigenvalue weighted by Gasteiger charge is 2.24. The highest BCUT2D eigenvalue weighted by Crippen LogP contribution is 2.19. The Balaban J connectivity index is 1.40. The molecular weight excluding hydrogens is 410 g/mol. The van der Waals surface area contributed by atoms with Gasteiger partial charge in [-0.25, -0.2) is 4.79 Å². The van der Waals surface area contributed by atoms with Crippen molar-refractivity contribution in [1.82, 2.24) is 20.0 Å². The van der Waals surface area contributed by atoms with Gasteiger partial charge in [-0.05, 0) is 37.5 Å². The van der Waals surface area contributed by atoms with E-state index in [0.717, 1.165) is 35.3 Å². The molecule has 172 valence electrons. The Morgan fingerprint density at radius 3 is 2.47 bits per heavy atom. The Labute approximate surface area is 188 Å². The molecule has 3 rings (SSSR count). The normalized spacial score (nSPS) is 14.3. The number of para-hydroxylation sites is 1. The minimum atomic E-state index is -0.612. The van der Waals surface area contributed by atoms with Gasteiger partial charge in [-0.15, -0.1) is 0 Å². The standard InChI is InChI=1S/C23H31N5O4/c1-4-6-18-13-19(26-25-18)23(31)32-15-21(30)28-11-9-27(10-12-28)14-20(29)24-22-16(2)7-5-8-17(22)3/h5,7-8,13H,4,6,9-12,14-15H2,1-3H3,(H,24,29)(H,25,26). The maximum atomic E-state index is 12.5. The highest BCUT2D eigenvalue weighted by atomic mass is 16.5. The van der Waals surface area contributed by atoms with Crippen LogP contribution in [-0.2, 0) is 20.7 Å². The van der Waals surface area contributed by atoms with Crippen molar-refractivity contribution in [3.8, 4) is 0 Å². The van der Waals surface area contributed by atoms with E-state index in [-0.39, 0.29) is 30.7 Å².